The van der Waals surface area contributed by atoms with Crippen molar-refractivity contribution in [2.75, 3.05) is 5.75 Å². The Morgan fingerprint density at radius 3 is 3.13 bits per heavy atom. The summed E-state index contributed by atoms with van der Waals surface area (Å²) >= 11 is 12.0. The van der Waals surface area contributed by atoms with Gasteiger partial charge >= 0.3 is 0 Å². The maximum atomic E-state index is 5.83. The van der Waals surface area contributed by atoms with Gasteiger partial charge in [0.05, 0.1) is 0 Å². The van der Waals surface area contributed by atoms with Crippen LogP contribution in [0.2, 0.25) is 5.02 Å². The van der Waals surface area contributed by atoms with E-state index in [2.05, 4.69) is 22.7 Å². The number of nitrogens with two attached hydrogens (primary N) is 1. The van der Waals surface area contributed by atoms with Gasteiger partial charge < -0.3 is 5.73 Å². The maximum absolute atomic E-state index is 5.83. The molecule has 15 heavy (non-hydrogen) atoms. The van der Waals surface area contributed by atoms with Crippen LogP contribution in [0, 0.1) is 0 Å². The minimum absolute atomic E-state index is 0.166. The van der Waals surface area contributed by atoms with Gasteiger partial charge in [0.15, 0.2) is 5.11 Å². The summed E-state index contributed by atoms with van der Waals surface area (Å²) in [6.45, 7) is 0. The van der Waals surface area contributed by atoms with Crippen LogP contribution in [-0.2, 0) is 0 Å². The Kier molecular flexibility index (Phi) is 5.45. The first-order chi connectivity index (χ1) is 7.18. The lowest BCUT2D eigenvalue weighted by Gasteiger charge is -1.98. The number of rotatable bonds is 4. The third-order valence-corrected chi connectivity index (χ3v) is 2.62. The molecule has 0 aliphatic carbocycles. The van der Waals surface area contributed by atoms with Crippen LogP contribution in [0.1, 0.15) is 0 Å². The second-order valence-corrected chi connectivity index (χ2v) is 4.53. The molecule has 0 saturated heterocycles. The van der Waals surface area contributed by atoms with Gasteiger partial charge in [-0.05, 0) is 30.4 Å². The zero-order chi connectivity index (χ0) is 11.1. The van der Waals surface area contributed by atoms with Crippen molar-refractivity contribution in [3.63, 3.8) is 0 Å². The first kappa shape index (κ1) is 12.3. The summed E-state index contributed by atoms with van der Waals surface area (Å²) in [5, 5.41) is 4.71. The topological polar surface area (TPSA) is 50.4 Å². The van der Waals surface area contributed by atoms with Gasteiger partial charge in [-0.25, -0.2) is 0 Å². The first-order valence-electron chi connectivity index (χ1n) is 4.14. The minimum Gasteiger partial charge on any atom is -0.375 e. The van der Waals surface area contributed by atoms with E-state index >= 15 is 0 Å². The van der Waals surface area contributed by atoms with Crippen LogP contribution in [0.4, 0.5) is 0 Å². The molecule has 6 heteroatoms. The SMILES string of the molecule is NC(=S)N/N=C/CSc1cccc(Cl)c1. The third-order valence-electron chi connectivity index (χ3n) is 1.39. The van der Waals surface area contributed by atoms with E-state index in [9.17, 15) is 0 Å². The summed E-state index contributed by atoms with van der Waals surface area (Å²) in [5.41, 5.74) is 7.67. The van der Waals surface area contributed by atoms with Crippen molar-refractivity contribution in [1.29, 1.82) is 0 Å². The van der Waals surface area contributed by atoms with E-state index in [0.717, 1.165) is 15.7 Å². The van der Waals surface area contributed by atoms with Crippen molar-refractivity contribution in [1.82, 2.24) is 5.43 Å². The van der Waals surface area contributed by atoms with Gasteiger partial charge in [0.25, 0.3) is 0 Å². The van der Waals surface area contributed by atoms with E-state index in [1.165, 1.54) is 0 Å². The maximum Gasteiger partial charge on any atom is 0.184 e. The quantitative estimate of drug-likeness (QED) is 0.377. The highest BCUT2D eigenvalue weighted by Gasteiger charge is 1.92. The molecule has 0 aromatic heterocycles. The van der Waals surface area contributed by atoms with Gasteiger partial charge in [-0.3, -0.25) is 5.43 Å². The standard InChI is InChI=1S/C9H10ClN3S2/c10-7-2-1-3-8(6-7)15-5-4-12-13-9(11)14/h1-4,6H,5H2,(H3,11,13,14)/b12-4+. The molecular weight excluding hydrogens is 250 g/mol. The average molecular weight is 260 g/mol. The number of thiocarbonyl (C=S) groups is 1. The Morgan fingerprint density at radius 2 is 2.47 bits per heavy atom. The lowest BCUT2D eigenvalue weighted by atomic mass is 10.4. The molecule has 0 spiro atoms. The molecule has 1 aromatic carbocycles. The van der Waals surface area contributed by atoms with Crippen molar-refractivity contribution < 1.29 is 0 Å². The molecule has 0 amide bonds. The summed E-state index contributed by atoms with van der Waals surface area (Å²) in [6.07, 6.45) is 1.70. The van der Waals surface area contributed by atoms with Crippen LogP contribution in [0.15, 0.2) is 34.3 Å². The molecule has 0 bridgehead atoms. The van der Waals surface area contributed by atoms with Gasteiger partial charge in [0.2, 0.25) is 0 Å². The largest absolute Gasteiger partial charge is 0.375 e. The van der Waals surface area contributed by atoms with E-state index in [-0.39, 0.29) is 5.11 Å². The Hall–Kier alpha value is -0.780. The molecule has 0 fully saturated rings. The molecule has 0 aliphatic rings. The predicted molar refractivity (Wildman–Crippen MR) is 70.6 cm³/mol. The minimum atomic E-state index is 0.166. The Labute approximate surface area is 103 Å². The van der Waals surface area contributed by atoms with E-state index in [1.807, 2.05) is 24.3 Å². The summed E-state index contributed by atoms with van der Waals surface area (Å²) in [4.78, 5) is 1.10. The number of hydrogen-bond donors (Lipinski definition) is 2. The predicted octanol–water partition coefficient (Wildman–Crippen LogP) is 2.25. The normalized spacial score (nSPS) is 10.5. The number of hydrazone groups is 1. The molecule has 0 radical (unpaired) electrons. The molecule has 3 nitrogen and oxygen atoms in total. The van der Waals surface area contributed by atoms with Crippen molar-refractivity contribution in [2.45, 2.75) is 4.90 Å². The summed E-state index contributed by atoms with van der Waals surface area (Å²) < 4.78 is 0. The molecule has 0 atom stereocenters. The van der Waals surface area contributed by atoms with Crippen LogP contribution < -0.4 is 11.2 Å². The second-order valence-electron chi connectivity index (χ2n) is 2.56. The smallest absolute Gasteiger partial charge is 0.184 e. The fourth-order valence-corrected chi connectivity index (χ4v) is 1.87. The number of thioether (sulfide) groups is 1. The molecule has 1 aromatic rings. The molecule has 1 rings (SSSR count). The number of nitrogens with zero attached hydrogens (tertiary/aromatic N) is 1. The van der Waals surface area contributed by atoms with Gasteiger partial charge in [0.1, 0.15) is 0 Å². The Balaban J connectivity index is 2.31. The van der Waals surface area contributed by atoms with Crippen molar-refractivity contribution in [3.05, 3.63) is 29.3 Å². The Bertz CT molecular complexity index is 368. The zero-order valence-corrected chi connectivity index (χ0v) is 10.2. The summed E-state index contributed by atoms with van der Waals surface area (Å²) in [5.74, 6) is 0.732. The lowest BCUT2D eigenvalue weighted by Crippen LogP contribution is -2.24. The summed E-state index contributed by atoms with van der Waals surface area (Å²) in [6, 6.07) is 7.65. The van der Waals surface area contributed by atoms with E-state index in [1.54, 1.807) is 18.0 Å². The van der Waals surface area contributed by atoms with E-state index < -0.39 is 0 Å². The van der Waals surface area contributed by atoms with Crippen LogP contribution in [0.25, 0.3) is 0 Å². The van der Waals surface area contributed by atoms with Crippen LogP contribution >= 0.6 is 35.6 Å². The number of halogens is 1. The van der Waals surface area contributed by atoms with Crippen molar-refractivity contribution in [3.8, 4) is 0 Å². The van der Waals surface area contributed by atoms with Gasteiger partial charge in [-0.1, -0.05) is 17.7 Å². The summed E-state index contributed by atoms with van der Waals surface area (Å²) in [7, 11) is 0. The highest BCUT2D eigenvalue weighted by atomic mass is 35.5. The van der Waals surface area contributed by atoms with Gasteiger partial charge in [0, 0.05) is 21.9 Å². The monoisotopic (exact) mass is 259 g/mol. The molecule has 0 saturated carbocycles. The molecule has 80 valence electrons. The van der Waals surface area contributed by atoms with E-state index in [0.29, 0.717) is 0 Å². The molecule has 0 aliphatic heterocycles. The highest BCUT2D eigenvalue weighted by molar-refractivity contribution is 7.99. The number of nitrogens with one attached hydrogen (secondary N) is 1. The fourth-order valence-electron chi connectivity index (χ4n) is 0.837. The molecular formula is C9H10ClN3S2. The van der Waals surface area contributed by atoms with E-state index in [4.69, 9.17) is 17.3 Å². The van der Waals surface area contributed by atoms with Gasteiger partial charge in [-0.15, -0.1) is 11.8 Å². The molecule has 3 N–H and O–H groups in total. The lowest BCUT2D eigenvalue weighted by molar-refractivity contribution is 1.04. The highest BCUT2D eigenvalue weighted by Crippen LogP contribution is 2.20. The molecule has 0 unspecified atom stereocenters. The van der Waals surface area contributed by atoms with Crippen molar-refractivity contribution in [2.24, 2.45) is 10.8 Å². The van der Waals surface area contributed by atoms with Crippen LogP contribution in [0.3, 0.4) is 0 Å². The fraction of sp³-hybridized carbons (Fsp3) is 0.111. The van der Waals surface area contributed by atoms with Crippen LogP contribution in [0.5, 0.6) is 0 Å². The average Bonchev–Trinajstić information content (AvgIpc) is 2.17. The van der Waals surface area contributed by atoms with Gasteiger partial charge in [-0.2, -0.15) is 5.10 Å². The number of benzene rings is 1. The second kappa shape index (κ2) is 6.66. The number of hydrogen-bond acceptors (Lipinski definition) is 3. The zero-order valence-electron chi connectivity index (χ0n) is 7.81. The molecule has 0 heterocycles. The van der Waals surface area contributed by atoms with Crippen molar-refractivity contribution >= 4 is 46.9 Å². The Morgan fingerprint density at radius 1 is 1.67 bits per heavy atom. The van der Waals surface area contributed by atoms with Crippen LogP contribution in [-0.4, -0.2) is 17.1 Å². The third kappa shape index (κ3) is 5.61. The first-order valence-corrected chi connectivity index (χ1v) is 5.91.